The molecule has 102 valence electrons. The van der Waals surface area contributed by atoms with Crippen LogP contribution in [0.5, 0.6) is 0 Å². The van der Waals surface area contributed by atoms with E-state index in [1.54, 1.807) is 24.5 Å². The van der Waals surface area contributed by atoms with E-state index in [0.29, 0.717) is 11.1 Å². The lowest BCUT2D eigenvalue weighted by molar-refractivity contribution is -0.136. The van der Waals surface area contributed by atoms with Crippen molar-refractivity contribution in [1.82, 2.24) is 14.4 Å². The van der Waals surface area contributed by atoms with Crippen LogP contribution >= 0.6 is 0 Å². The van der Waals surface area contributed by atoms with E-state index in [2.05, 4.69) is 9.97 Å². The summed E-state index contributed by atoms with van der Waals surface area (Å²) < 4.78 is 40.6. The zero-order chi connectivity index (χ0) is 14.3. The van der Waals surface area contributed by atoms with E-state index in [1.807, 2.05) is 6.92 Å². The Hall–Kier alpha value is -2.37. The fourth-order valence-corrected chi connectivity index (χ4v) is 2.04. The summed E-state index contributed by atoms with van der Waals surface area (Å²) in [6, 6.07) is 4.62. The monoisotopic (exact) mass is 277 g/mol. The molecule has 6 heteroatoms. The molecule has 0 unspecified atom stereocenters. The molecule has 0 saturated heterocycles. The van der Waals surface area contributed by atoms with E-state index < -0.39 is 11.7 Å². The van der Waals surface area contributed by atoms with Crippen molar-refractivity contribution < 1.29 is 13.2 Å². The van der Waals surface area contributed by atoms with Crippen LogP contribution in [0.3, 0.4) is 0 Å². The Morgan fingerprint density at radius 1 is 1.10 bits per heavy atom. The van der Waals surface area contributed by atoms with Crippen molar-refractivity contribution in [3.63, 3.8) is 0 Å². The second-order valence-corrected chi connectivity index (χ2v) is 4.49. The lowest BCUT2D eigenvalue weighted by atomic mass is 10.1. The molecule has 0 spiro atoms. The van der Waals surface area contributed by atoms with Crippen LogP contribution in [-0.2, 0) is 6.18 Å². The molecule has 3 aromatic heterocycles. The van der Waals surface area contributed by atoms with Gasteiger partial charge in [0, 0.05) is 41.6 Å². The maximum Gasteiger partial charge on any atom is 0.420 e. The van der Waals surface area contributed by atoms with Gasteiger partial charge in [0.25, 0.3) is 0 Å². The third-order valence-corrected chi connectivity index (χ3v) is 3.04. The van der Waals surface area contributed by atoms with Gasteiger partial charge < -0.3 is 4.40 Å². The molecule has 3 heterocycles. The van der Waals surface area contributed by atoms with Crippen LogP contribution in [-0.4, -0.2) is 14.4 Å². The highest BCUT2D eigenvalue weighted by Gasteiger charge is 2.34. The smallest absolute Gasteiger partial charge is 0.306 e. The fourth-order valence-electron chi connectivity index (χ4n) is 2.04. The van der Waals surface area contributed by atoms with E-state index >= 15 is 0 Å². The molecule has 0 fully saturated rings. The number of nitrogens with zero attached hydrogens (tertiary/aromatic N) is 3. The minimum atomic E-state index is -4.44. The molecule has 0 aliphatic heterocycles. The van der Waals surface area contributed by atoms with Crippen LogP contribution in [0.15, 0.2) is 43.0 Å². The van der Waals surface area contributed by atoms with Gasteiger partial charge in [-0.1, -0.05) is 6.07 Å². The molecule has 3 nitrogen and oxygen atoms in total. The first-order valence-electron chi connectivity index (χ1n) is 5.92. The van der Waals surface area contributed by atoms with Crippen LogP contribution in [0.1, 0.15) is 11.3 Å². The van der Waals surface area contributed by atoms with Gasteiger partial charge in [0.2, 0.25) is 0 Å². The first-order chi connectivity index (χ1) is 9.45. The molecule has 0 bridgehead atoms. The highest BCUT2D eigenvalue weighted by molar-refractivity contribution is 5.67. The molecule has 20 heavy (non-hydrogen) atoms. The Morgan fingerprint density at radius 3 is 2.55 bits per heavy atom. The molecule has 0 aliphatic rings. The predicted molar refractivity (Wildman–Crippen MR) is 68.2 cm³/mol. The van der Waals surface area contributed by atoms with Crippen molar-refractivity contribution in [2.24, 2.45) is 0 Å². The van der Waals surface area contributed by atoms with Gasteiger partial charge >= 0.3 is 6.18 Å². The van der Waals surface area contributed by atoms with E-state index in [0.717, 1.165) is 11.8 Å². The standard InChI is InChI=1S/C14H10F3N3/c1-9-2-3-10(7-19-9)11-6-12(14(15,16)17)13-18-4-5-20(13)8-11/h2-8H,1H3. The average Bonchev–Trinajstić information content (AvgIpc) is 2.85. The van der Waals surface area contributed by atoms with E-state index in [4.69, 9.17) is 0 Å². The summed E-state index contributed by atoms with van der Waals surface area (Å²) in [5.74, 6) is 0. The second-order valence-electron chi connectivity index (χ2n) is 4.49. The molecule has 3 aromatic rings. The van der Waals surface area contributed by atoms with Gasteiger partial charge in [0.1, 0.15) is 5.65 Å². The normalized spacial score (nSPS) is 12.0. The maximum atomic E-state index is 13.1. The van der Waals surface area contributed by atoms with Crippen molar-refractivity contribution in [1.29, 1.82) is 0 Å². The lowest BCUT2D eigenvalue weighted by Crippen LogP contribution is -2.08. The number of hydrogen-bond donors (Lipinski definition) is 0. The van der Waals surface area contributed by atoms with Crippen molar-refractivity contribution in [3.8, 4) is 11.1 Å². The molecule has 0 aliphatic carbocycles. The Labute approximate surface area is 112 Å². The predicted octanol–water partition coefficient (Wildman–Crippen LogP) is 3.72. The number of hydrogen-bond acceptors (Lipinski definition) is 2. The fraction of sp³-hybridized carbons (Fsp3) is 0.143. The molecular formula is C14H10F3N3. The quantitative estimate of drug-likeness (QED) is 0.678. The van der Waals surface area contributed by atoms with Crippen LogP contribution in [0.25, 0.3) is 16.8 Å². The molecule has 0 amide bonds. The average molecular weight is 277 g/mol. The third kappa shape index (κ3) is 2.13. The SMILES string of the molecule is Cc1ccc(-c2cc(C(F)(F)F)c3nccn3c2)cn1. The highest BCUT2D eigenvalue weighted by atomic mass is 19.4. The third-order valence-electron chi connectivity index (χ3n) is 3.04. The largest absolute Gasteiger partial charge is 0.420 e. The summed E-state index contributed by atoms with van der Waals surface area (Å²) in [5.41, 5.74) is 1.06. The topological polar surface area (TPSA) is 30.2 Å². The molecule has 0 saturated carbocycles. The zero-order valence-electron chi connectivity index (χ0n) is 10.5. The summed E-state index contributed by atoms with van der Waals surface area (Å²) in [6.07, 6.45) is 1.58. The second kappa shape index (κ2) is 4.33. The number of fused-ring (bicyclic) bond motifs is 1. The number of alkyl halides is 3. The van der Waals surface area contributed by atoms with Crippen molar-refractivity contribution in [3.05, 3.63) is 54.2 Å². The summed E-state index contributed by atoms with van der Waals surface area (Å²) in [6.45, 7) is 1.82. The van der Waals surface area contributed by atoms with Gasteiger partial charge in [0.15, 0.2) is 0 Å². The van der Waals surface area contributed by atoms with Crippen molar-refractivity contribution in [2.75, 3.05) is 0 Å². The Morgan fingerprint density at radius 2 is 1.90 bits per heavy atom. The molecule has 3 rings (SSSR count). The van der Waals surface area contributed by atoms with Crippen molar-refractivity contribution in [2.45, 2.75) is 13.1 Å². The summed E-state index contributed by atoms with van der Waals surface area (Å²) in [4.78, 5) is 7.87. The molecule has 0 atom stereocenters. The van der Waals surface area contributed by atoms with Gasteiger partial charge in [-0.15, -0.1) is 0 Å². The Balaban J connectivity index is 2.24. The minimum Gasteiger partial charge on any atom is -0.306 e. The Bertz CT molecular complexity index is 757. The van der Waals surface area contributed by atoms with Crippen LogP contribution < -0.4 is 0 Å². The number of halogens is 3. The number of aryl methyl sites for hydroxylation is 1. The van der Waals surface area contributed by atoms with Crippen molar-refractivity contribution >= 4 is 5.65 Å². The van der Waals surface area contributed by atoms with Gasteiger partial charge in [-0.3, -0.25) is 4.98 Å². The highest BCUT2D eigenvalue weighted by Crippen LogP contribution is 2.34. The number of imidazole rings is 1. The number of pyridine rings is 2. The van der Waals surface area contributed by atoms with E-state index in [1.165, 1.54) is 16.8 Å². The summed E-state index contributed by atoms with van der Waals surface area (Å²) in [5, 5.41) is 0. The van der Waals surface area contributed by atoms with Crippen LogP contribution in [0, 0.1) is 6.92 Å². The summed E-state index contributed by atoms with van der Waals surface area (Å²) in [7, 11) is 0. The molecule has 0 N–H and O–H groups in total. The van der Waals surface area contributed by atoms with E-state index in [9.17, 15) is 13.2 Å². The van der Waals surface area contributed by atoms with Crippen LogP contribution in [0.2, 0.25) is 0 Å². The minimum absolute atomic E-state index is 0.0960. The first-order valence-corrected chi connectivity index (χ1v) is 5.92. The maximum absolute atomic E-state index is 13.1. The number of aromatic nitrogens is 3. The lowest BCUT2D eigenvalue weighted by Gasteiger charge is -2.11. The van der Waals surface area contributed by atoms with E-state index in [-0.39, 0.29) is 5.65 Å². The van der Waals surface area contributed by atoms with Gasteiger partial charge in [-0.05, 0) is 19.1 Å². The first kappa shape index (κ1) is 12.7. The summed E-state index contributed by atoms with van der Waals surface area (Å²) >= 11 is 0. The zero-order valence-corrected chi connectivity index (χ0v) is 10.5. The molecular weight excluding hydrogens is 267 g/mol. The molecule has 0 radical (unpaired) electrons. The van der Waals surface area contributed by atoms with Crippen LogP contribution in [0.4, 0.5) is 13.2 Å². The van der Waals surface area contributed by atoms with Gasteiger partial charge in [-0.2, -0.15) is 13.2 Å². The number of rotatable bonds is 1. The molecule has 0 aromatic carbocycles. The van der Waals surface area contributed by atoms with Gasteiger partial charge in [0.05, 0.1) is 5.56 Å². The van der Waals surface area contributed by atoms with Gasteiger partial charge in [-0.25, -0.2) is 4.98 Å². The Kier molecular flexibility index (Phi) is 2.74.